The lowest BCUT2D eigenvalue weighted by Gasteiger charge is -2.41. The van der Waals surface area contributed by atoms with Crippen LogP contribution in [0, 0.1) is 0 Å². The molecule has 100 valence electrons. The molecule has 1 aromatic rings. The Labute approximate surface area is 110 Å². The Bertz CT molecular complexity index is 439. The van der Waals surface area contributed by atoms with E-state index in [1.165, 1.54) is 0 Å². The van der Waals surface area contributed by atoms with Gasteiger partial charge in [0.05, 0.1) is 30.0 Å². The van der Waals surface area contributed by atoms with E-state index < -0.39 is 12.4 Å². The van der Waals surface area contributed by atoms with Crippen LogP contribution in [-0.4, -0.2) is 65.0 Å². The van der Waals surface area contributed by atoms with Gasteiger partial charge in [0.1, 0.15) is 12.1 Å². The minimum Gasteiger partial charge on any atom is -0.389 e. The molecule has 2 aliphatic rings. The fraction of sp³-hybridized carbons (Fsp3) is 0.727. The Kier molecular flexibility index (Phi) is 3.07. The second-order valence-corrected chi connectivity index (χ2v) is 5.39. The maximum Gasteiger partial charge on any atom is 0.183 e. The molecule has 3 heterocycles. The molecule has 0 radical (unpaired) electrons. The smallest absolute Gasteiger partial charge is 0.183 e. The molecule has 3 rings (SSSR count). The highest BCUT2D eigenvalue weighted by atomic mass is 35.5. The molecule has 0 aromatic carbocycles. The summed E-state index contributed by atoms with van der Waals surface area (Å²) in [6, 6.07) is -0.486. The first kappa shape index (κ1) is 12.4. The highest BCUT2D eigenvalue weighted by molar-refractivity contribution is 6.30. The van der Waals surface area contributed by atoms with Crippen LogP contribution in [0.4, 0.5) is 0 Å². The molecule has 0 saturated carbocycles. The monoisotopic (exact) mass is 273 g/mol. The van der Waals surface area contributed by atoms with Gasteiger partial charge in [-0.15, -0.1) is 0 Å². The number of fused-ring (bicyclic) bond motifs is 2. The van der Waals surface area contributed by atoms with E-state index in [-0.39, 0.29) is 18.2 Å². The second-order valence-electron chi connectivity index (χ2n) is 4.95. The number of ether oxygens (including phenoxy) is 2. The first-order valence-electron chi connectivity index (χ1n) is 5.89. The van der Waals surface area contributed by atoms with Gasteiger partial charge in [-0.1, -0.05) is 11.6 Å². The zero-order chi connectivity index (χ0) is 12.9. The van der Waals surface area contributed by atoms with Gasteiger partial charge in [-0.05, 0) is 14.1 Å². The third-order valence-corrected chi connectivity index (χ3v) is 3.76. The van der Waals surface area contributed by atoms with Gasteiger partial charge < -0.3 is 19.5 Å². The number of aromatic nitrogens is 2. The summed E-state index contributed by atoms with van der Waals surface area (Å²) in [7, 11) is 3.84. The highest BCUT2D eigenvalue weighted by Gasteiger charge is 2.52. The van der Waals surface area contributed by atoms with E-state index in [2.05, 4.69) is 5.10 Å². The lowest BCUT2D eigenvalue weighted by Crippen LogP contribution is -2.57. The van der Waals surface area contributed by atoms with E-state index >= 15 is 0 Å². The summed E-state index contributed by atoms with van der Waals surface area (Å²) in [4.78, 5) is 1.96. The third-order valence-electron chi connectivity index (χ3n) is 3.57. The van der Waals surface area contributed by atoms with Crippen LogP contribution in [0.15, 0.2) is 12.4 Å². The number of hydrogen-bond acceptors (Lipinski definition) is 5. The summed E-state index contributed by atoms with van der Waals surface area (Å²) in [5.41, 5.74) is 0. The quantitative estimate of drug-likeness (QED) is 0.830. The molecule has 2 fully saturated rings. The summed E-state index contributed by atoms with van der Waals surface area (Å²) in [6.45, 7) is 0.496. The maximum absolute atomic E-state index is 10.5. The predicted molar refractivity (Wildman–Crippen MR) is 64.4 cm³/mol. The molecule has 0 spiro atoms. The van der Waals surface area contributed by atoms with E-state index in [1.807, 2.05) is 19.0 Å². The van der Waals surface area contributed by atoms with Crippen molar-refractivity contribution < 1.29 is 14.6 Å². The van der Waals surface area contributed by atoms with Gasteiger partial charge >= 0.3 is 0 Å². The summed E-state index contributed by atoms with van der Waals surface area (Å²) >= 11 is 5.87. The van der Waals surface area contributed by atoms with Gasteiger partial charge in [0.2, 0.25) is 0 Å². The fourth-order valence-corrected chi connectivity index (χ4v) is 2.92. The van der Waals surface area contributed by atoms with Crippen molar-refractivity contribution in [2.24, 2.45) is 0 Å². The molecule has 6 nitrogen and oxygen atoms in total. The van der Waals surface area contributed by atoms with E-state index in [4.69, 9.17) is 21.1 Å². The number of nitrogens with zero attached hydrogens (tertiary/aromatic N) is 3. The Morgan fingerprint density at radius 1 is 1.56 bits per heavy atom. The summed E-state index contributed by atoms with van der Waals surface area (Å²) in [5.74, 6) is 0. The van der Waals surface area contributed by atoms with Gasteiger partial charge in [0, 0.05) is 6.20 Å². The fourth-order valence-electron chi connectivity index (χ4n) is 2.78. The second kappa shape index (κ2) is 4.47. The number of hydrogen-bond donors (Lipinski definition) is 1. The van der Waals surface area contributed by atoms with Crippen LogP contribution in [0.3, 0.4) is 0 Å². The molecule has 2 saturated heterocycles. The van der Waals surface area contributed by atoms with E-state index in [0.717, 1.165) is 0 Å². The standard InChI is InChI=1S/C11H16ClN3O3/c1-14(2)8-7-5-17-11(18-7)9(10(8)16)15-4-6(12)3-13-15/h3-4,7-11,16H,5H2,1-2H3/t7-,8-,9-,10+,11-/m1/s1. The number of aliphatic hydroxyl groups is 1. The molecule has 5 atom stereocenters. The number of rotatable bonds is 2. The Morgan fingerprint density at radius 3 is 2.94 bits per heavy atom. The summed E-state index contributed by atoms with van der Waals surface area (Å²) in [5, 5.41) is 15.2. The molecule has 0 unspecified atom stereocenters. The maximum atomic E-state index is 10.5. The number of likely N-dealkylation sites (N-methyl/N-ethyl adjacent to an activating group) is 1. The Balaban J connectivity index is 1.93. The van der Waals surface area contributed by atoms with Crippen LogP contribution in [0.25, 0.3) is 0 Å². The SMILES string of the molecule is CN(C)[C@H]1[C@H](O)[C@@H](n2cc(Cl)cn2)[C@@H]2OC[C@H]1O2. The Hall–Kier alpha value is -0.660. The highest BCUT2D eigenvalue weighted by Crippen LogP contribution is 2.37. The molecule has 1 N–H and O–H groups in total. The van der Waals surface area contributed by atoms with E-state index in [1.54, 1.807) is 17.1 Å². The van der Waals surface area contributed by atoms with E-state index in [9.17, 15) is 5.11 Å². The largest absolute Gasteiger partial charge is 0.389 e. The topological polar surface area (TPSA) is 59.8 Å². The van der Waals surface area contributed by atoms with Crippen molar-refractivity contribution in [2.75, 3.05) is 20.7 Å². The Morgan fingerprint density at radius 2 is 2.33 bits per heavy atom. The minimum absolute atomic E-state index is 0.0951. The van der Waals surface area contributed by atoms with Crippen molar-refractivity contribution >= 4 is 11.6 Å². The van der Waals surface area contributed by atoms with Crippen molar-refractivity contribution in [1.29, 1.82) is 0 Å². The van der Waals surface area contributed by atoms with Crippen molar-refractivity contribution in [1.82, 2.24) is 14.7 Å². The first-order valence-corrected chi connectivity index (χ1v) is 6.27. The van der Waals surface area contributed by atoms with Crippen LogP contribution >= 0.6 is 11.6 Å². The number of halogens is 1. The van der Waals surface area contributed by atoms with Crippen LogP contribution in [0.1, 0.15) is 6.04 Å². The average molecular weight is 274 g/mol. The van der Waals surface area contributed by atoms with Crippen LogP contribution in [0.2, 0.25) is 5.02 Å². The normalized spacial score (nSPS) is 39.5. The first-order chi connectivity index (χ1) is 8.58. The predicted octanol–water partition coefficient (Wildman–Crippen LogP) is 0.124. The average Bonchev–Trinajstić information content (AvgIpc) is 2.87. The van der Waals surface area contributed by atoms with Crippen LogP contribution < -0.4 is 0 Å². The van der Waals surface area contributed by atoms with Gasteiger partial charge in [-0.25, -0.2) is 0 Å². The van der Waals surface area contributed by atoms with Gasteiger partial charge in [-0.3, -0.25) is 4.68 Å². The van der Waals surface area contributed by atoms with Crippen molar-refractivity contribution in [3.8, 4) is 0 Å². The zero-order valence-corrected chi connectivity index (χ0v) is 11.0. The number of aliphatic hydroxyl groups excluding tert-OH is 1. The molecule has 2 bridgehead atoms. The molecular formula is C11H16ClN3O3. The molecule has 18 heavy (non-hydrogen) atoms. The lowest BCUT2D eigenvalue weighted by molar-refractivity contribution is -0.181. The molecule has 0 aliphatic carbocycles. The third kappa shape index (κ3) is 1.85. The molecule has 7 heteroatoms. The minimum atomic E-state index is -0.609. The van der Waals surface area contributed by atoms with E-state index in [0.29, 0.717) is 11.6 Å². The van der Waals surface area contributed by atoms with Crippen molar-refractivity contribution in [3.05, 3.63) is 17.4 Å². The summed E-state index contributed by atoms with van der Waals surface area (Å²) < 4.78 is 13.0. The molecule has 0 amide bonds. The summed E-state index contributed by atoms with van der Waals surface area (Å²) in [6.07, 6.45) is 2.05. The van der Waals surface area contributed by atoms with Crippen LogP contribution in [0.5, 0.6) is 0 Å². The van der Waals surface area contributed by atoms with Gasteiger partial charge in [-0.2, -0.15) is 5.10 Å². The molecular weight excluding hydrogens is 258 g/mol. The zero-order valence-electron chi connectivity index (χ0n) is 10.2. The van der Waals surface area contributed by atoms with Crippen molar-refractivity contribution in [2.45, 2.75) is 30.6 Å². The van der Waals surface area contributed by atoms with Crippen LogP contribution in [-0.2, 0) is 9.47 Å². The lowest BCUT2D eigenvalue weighted by atomic mass is 9.95. The van der Waals surface area contributed by atoms with Gasteiger partial charge in [0.15, 0.2) is 6.29 Å². The molecule has 2 aliphatic heterocycles. The van der Waals surface area contributed by atoms with Crippen molar-refractivity contribution in [3.63, 3.8) is 0 Å². The molecule has 1 aromatic heterocycles. The van der Waals surface area contributed by atoms with Gasteiger partial charge in [0.25, 0.3) is 0 Å².